The Morgan fingerprint density at radius 2 is 2.00 bits per heavy atom. The number of amides is 2. The SMILES string of the molecule is NC(=O)c1ccc(-c2nnn(CC(=O)N3N=C(c4cccs4)CC3c3ccco3)n2)cc1. The van der Waals surface area contributed by atoms with E-state index in [1.54, 1.807) is 47.9 Å². The van der Waals surface area contributed by atoms with Gasteiger partial charge in [0.2, 0.25) is 11.7 Å². The number of nitrogens with two attached hydrogens (primary N) is 1. The van der Waals surface area contributed by atoms with Crippen LogP contribution in [0.2, 0.25) is 0 Å². The van der Waals surface area contributed by atoms with Crippen LogP contribution >= 0.6 is 11.3 Å². The summed E-state index contributed by atoms with van der Waals surface area (Å²) in [6, 6.07) is 13.7. The Bertz CT molecular complexity index is 1280. The molecular formula is C21H17N7O3S. The Hall–Kier alpha value is -4.12. The first kappa shape index (κ1) is 19.8. The minimum atomic E-state index is -0.516. The van der Waals surface area contributed by atoms with Crippen molar-refractivity contribution in [3.63, 3.8) is 0 Å². The maximum absolute atomic E-state index is 13.1. The number of hydrazone groups is 1. The molecule has 0 aliphatic carbocycles. The number of furan rings is 1. The Morgan fingerprint density at radius 3 is 2.69 bits per heavy atom. The highest BCUT2D eigenvalue weighted by Crippen LogP contribution is 2.34. The molecule has 32 heavy (non-hydrogen) atoms. The predicted molar refractivity (Wildman–Crippen MR) is 116 cm³/mol. The summed E-state index contributed by atoms with van der Waals surface area (Å²) in [6.45, 7) is -0.134. The summed E-state index contributed by atoms with van der Waals surface area (Å²) >= 11 is 1.57. The highest BCUT2D eigenvalue weighted by Gasteiger charge is 2.35. The molecule has 1 aromatic carbocycles. The van der Waals surface area contributed by atoms with Crippen molar-refractivity contribution in [3.8, 4) is 11.4 Å². The first-order chi connectivity index (χ1) is 15.6. The van der Waals surface area contributed by atoms with Crippen LogP contribution in [0.4, 0.5) is 0 Å². The molecule has 4 heterocycles. The van der Waals surface area contributed by atoms with Crippen molar-refractivity contribution in [1.29, 1.82) is 0 Å². The Balaban J connectivity index is 1.36. The lowest BCUT2D eigenvalue weighted by molar-refractivity contribution is -0.134. The molecule has 5 rings (SSSR count). The maximum Gasteiger partial charge on any atom is 0.267 e. The predicted octanol–water partition coefficient (Wildman–Crippen LogP) is 2.47. The van der Waals surface area contributed by atoms with Crippen molar-refractivity contribution < 1.29 is 14.0 Å². The molecule has 0 bridgehead atoms. The molecule has 1 aliphatic heterocycles. The highest BCUT2D eigenvalue weighted by molar-refractivity contribution is 7.12. The first-order valence-corrected chi connectivity index (χ1v) is 10.6. The van der Waals surface area contributed by atoms with E-state index in [4.69, 9.17) is 10.2 Å². The number of thiophene rings is 1. The fraction of sp³-hybridized carbons (Fsp3) is 0.143. The number of hydrogen-bond donors (Lipinski definition) is 1. The van der Waals surface area contributed by atoms with Crippen LogP contribution in [0.3, 0.4) is 0 Å². The van der Waals surface area contributed by atoms with Crippen LogP contribution in [0, 0.1) is 0 Å². The number of carbonyl (C=O) groups excluding carboxylic acids is 2. The minimum Gasteiger partial charge on any atom is -0.467 e. The van der Waals surface area contributed by atoms with Gasteiger partial charge in [0.25, 0.3) is 5.91 Å². The summed E-state index contributed by atoms with van der Waals surface area (Å²) in [5.41, 5.74) is 7.13. The molecule has 4 aromatic rings. The molecule has 11 heteroatoms. The molecule has 0 saturated carbocycles. The molecule has 0 spiro atoms. The van der Waals surface area contributed by atoms with Gasteiger partial charge in [-0.05, 0) is 40.9 Å². The number of primary amides is 1. The van der Waals surface area contributed by atoms with E-state index in [0.717, 1.165) is 10.6 Å². The molecule has 0 fully saturated rings. The average molecular weight is 447 g/mol. The molecular weight excluding hydrogens is 430 g/mol. The number of hydrogen-bond acceptors (Lipinski definition) is 8. The fourth-order valence-corrected chi connectivity index (χ4v) is 4.16. The van der Waals surface area contributed by atoms with Gasteiger partial charge in [0.05, 0.1) is 16.9 Å². The second-order valence-corrected chi connectivity index (χ2v) is 8.03. The van der Waals surface area contributed by atoms with Crippen molar-refractivity contribution in [2.45, 2.75) is 19.0 Å². The van der Waals surface area contributed by atoms with Crippen LogP contribution in [0.1, 0.15) is 33.5 Å². The molecule has 0 saturated heterocycles. The summed E-state index contributed by atoms with van der Waals surface area (Å²) in [5, 5.41) is 20.3. The molecule has 0 radical (unpaired) electrons. The van der Waals surface area contributed by atoms with Crippen LogP contribution in [-0.2, 0) is 11.3 Å². The molecule has 10 nitrogen and oxygen atoms in total. The molecule has 1 unspecified atom stereocenters. The summed E-state index contributed by atoms with van der Waals surface area (Å²) in [6.07, 6.45) is 2.14. The van der Waals surface area contributed by atoms with Gasteiger partial charge in [-0.1, -0.05) is 18.2 Å². The van der Waals surface area contributed by atoms with Crippen molar-refractivity contribution in [2.75, 3.05) is 0 Å². The van der Waals surface area contributed by atoms with E-state index in [2.05, 4.69) is 20.5 Å². The van der Waals surface area contributed by atoms with Crippen LogP contribution in [0.15, 0.2) is 69.7 Å². The minimum absolute atomic E-state index is 0.134. The molecule has 3 aromatic heterocycles. The molecule has 1 atom stereocenters. The van der Waals surface area contributed by atoms with Crippen molar-refractivity contribution in [2.24, 2.45) is 10.8 Å². The third kappa shape index (κ3) is 3.81. The van der Waals surface area contributed by atoms with Crippen molar-refractivity contribution in [1.82, 2.24) is 25.2 Å². The first-order valence-electron chi connectivity index (χ1n) is 9.73. The third-order valence-corrected chi connectivity index (χ3v) is 5.92. The standard InChI is InChI=1S/C21H17N7O3S/c22-20(30)13-5-7-14(8-6-13)21-23-26-27(25-21)12-19(29)28-16(17-3-1-9-31-17)11-15(24-28)18-4-2-10-32-18/h1-10,16H,11-12H2,(H2,22,30). The van der Waals surface area contributed by atoms with Gasteiger partial charge in [0.15, 0.2) is 0 Å². The zero-order valence-electron chi connectivity index (χ0n) is 16.7. The van der Waals surface area contributed by atoms with Crippen LogP contribution in [0.25, 0.3) is 11.4 Å². The zero-order chi connectivity index (χ0) is 22.1. The van der Waals surface area contributed by atoms with Crippen LogP contribution in [0.5, 0.6) is 0 Å². The van der Waals surface area contributed by atoms with Gasteiger partial charge in [-0.2, -0.15) is 9.90 Å². The Labute approximate surface area is 185 Å². The number of aromatic nitrogens is 4. The quantitative estimate of drug-likeness (QED) is 0.483. The van der Waals surface area contributed by atoms with E-state index in [1.165, 1.54) is 9.81 Å². The summed E-state index contributed by atoms with van der Waals surface area (Å²) in [7, 11) is 0. The number of benzene rings is 1. The van der Waals surface area contributed by atoms with Gasteiger partial charge >= 0.3 is 0 Å². The van der Waals surface area contributed by atoms with Crippen molar-refractivity contribution in [3.05, 3.63) is 76.4 Å². The lowest BCUT2D eigenvalue weighted by Gasteiger charge is -2.19. The molecule has 1 aliphatic rings. The van der Waals surface area contributed by atoms with E-state index in [1.807, 2.05) is 23.6 Å². The average Bonchev–Trinajstić information content (AvgIpc) is 3.60. The Morgan fingerprint density at radius 1 is 1.16 bits per heavy atom. The topological polar surface area (TPSA) is 132 Å². The van der Waals surface area contributed by atoms with E-state index >= 15 is 0 Å². The Kier molecular flexibility index (Phi) is 5.07. The zero-order valence-corrected chi connectivity index (χ0v) is 17.5. The van der Waals surface area contributed by atoms with Gasteiger partial charge < -0.3 is 10.2 Å². The number of rotatable bonds is 6. The second kappa shape index (κ2) is 8.19. The maximum atomic E-state index is 13.1. The lowest BCUT2D eigenvalue weighted by atomic mass is 10.1. The van der Waals surface area contributed by atoms with Gasteiger partial charge in [-0.15, -0.1) is 21.5 Å². The lowest BCUT2D eigenvalue weighted by Crippen LogP contribution is -2.31. The molecule has 2 amide bonds. The van der Waals surface area contributed by atoms with Gasteiger partial charge in [0, 0.05) is 17.5 Å². The second-order valence-electron chi connectivity index (χ2n) is 7.08. The number of nitrogens with zero attached hydrogens (tertiary/aromatic N) is 6. The normalized spacial score (nSPS) is 15.7. The summed E-state index contributed by atoms with van der Waals surface area (Å²) in [5.74, 6) is 0.194. The fourth-order valence-electron chi connectivity index (χ4n) is 3.44. The van der Waals surface area contributed by atoms with E-state index in [-0.39, 0.29) is 18.5 Å². The van der Waals surface area contributed by atoms with Gasteiger partial charge in [-0.25, -0.2) is 5.01 Å². The monoisotopic (exact) mass is 447 g/mol. The van der Waals surface area contributed by atoms with Gasteiger partial charge in [0.1, 0.15) is 18.3 Å². The van der Waals surface area contributed by atoms with Gasteiger partial charge in [-0.3, -0.25) is 9.59 Å². The molecule has 160 valence electrons. The van der Waals surface area contributed by atoms with Crippen molar-refractivity contribution >= 4 is 28.9 Å². The summed E-state index contributed by atoms with van der Waals surface area (Å²) < 4.78 is 5.56. The van der Waals surface area contributed by atoms with Crippen LogP contribution < -0.4 is 5.73 Å². The van der Waals surface area contributed by atoms with E-state index < -0.39 is 5.91 Å². The summed E-state index contributed by atoms with van der Waals surface area (Å²) in [4.78, 5) is 26.6. The molecule has 2 N–H and O–H groups in total. The highest BCUT2D eigenvalue weighted by atomic mass is 32.1. The number of carbonyl (C=O) groups is 2. The smallest absolute Gasteiger partial charge is 0.267 e. The van der Waals surface area contributed by atoms with E-state index in [0.29, 0.717) is 29.1 Å². The largest absolute Gasteiger partial charge is 0.467 e. The third-order valence-electron chi connectivity index (χ3n) is 5.00. The van der Waals surface area contributed by atoms with Crippen LogP contribution in [-0.4, -0.2) is 42.7 Å². The number of tetrazole rings is 1. The van der Waals surface area contributed by atoms with E-state index in [9.17, 15) is 9.59 Å².